The standard InChI is InChI=1S/C22H22O4.C21H20O4.C17H16O4.2C15H16O3.C4H6Cl2.CH2I2/c23-20(25-14-16-7-3-1-4-8-16)22(12-18-11-19(18)13-22)21(24)26-15-17-9-5-2-6-10-17;22-19(24-15-17-9-3-1-4-10-17)21(13-7-8-14-21)20(23)25-16-18-11-5-2-6-12-18;18-16(20-12-14-7-3-1-4-8-14)11-17(19)21-13-15-9-5-2-6-10-15;2*16-10-15(7-12-6-13(12)8-15)14(17)18-9-11-4-2-1-3-5-11;5-3-1-2-4-6;2-1-3/h1-10,18-19H,11-15H2;1-12H,13-16H2;1-10H,11-13H2;2*1-5,10,12-13H,6-9H2;1-2H,3-4H2;1H2/b;;;;;2-1-;/t;;;2*12-,13+,15?;;. The molecule has 0 spiro atoms. The maximum atomic E-state index is 12.8. The second-order valence-electron chi connectivity index (χ2n) is 29.8. The van der Waals surface area contributed by atoms with E-state index in [9.17, 15) is 47.9 Å². The van der Waals surface area contributed by atoms with E-state index < -0.39 is 57.5 Å². The van der Waals surface area contributed by atoms with E-state index in [1.807, 2.05) is 267 Å². The lowest BCUT2D eigenvalue weighted by Crippen LogP contribution is -2.40. The van der Waals surface area contributed by atoms with Crippen molar-refractivity contribution in [2.45, 2.75) is 130 Å². The fraction of sp³-hybridized carbons (Fsp3) is 0.347. The normalized spacial score (nSPS) is 20.6. The number of hydrogen-bond donors (Lipinski definition) is 0. The third-order valence-electron chi connectivity index (χ3n) is 21.3. The number of carbonyl (C=O) groups is 10. The molecule has 8 aromatic carbocycles. The molecule has 117 heavy (non-hydrogen) atoms. The molecule has 7 aliphatic carbocycles. The van der Waals surface area contributed by atoms with Gasteiger partial charge < -0.3 is 47.5 Å². The molecule has 0 radical (unpaired) electrons. The number of halogens is 4. The number of esters is 8. The van der Waals surface area contributed by atoms with E-state index in [0.717, 1.165) is 63.5 Å². The van der Waals surface area contributed by atoms with Crippen molar-refractivity contribution in [1.82, 2.24) is 0 Å². The molecule has 6 saturated carbocycles. The van der Waals surface area contributed by atoms with Crippen LogP contribution in [0.1, 0.15) is 122 Å². The first-order valence-electron chi connectivity index (χ1n) is 39.0. The lowest BCUT2D eigenvalue weighted by molar-refractivity contribution is -0.175. The number of ether oxygens (including phenoxy) is 8. The molecule has 0 heterocycles. The van der Waals surface area contributed by atoms with Gasteiger partial charge in [-0.1, -0.05) is 312 Å². The van der Waals surface area contributed by atoms with Crippen molar-refractivity contribution in [2.24, 2.45) is 57.2 Å². The molecule has 0 N–H and O–H groups in total. The Morgan fingerprint density at radius 1 is 0.299 bits per heavy atom. The molecule has 0 aromatic heterocycles. The molecule has 0 bridgehead atoms. The molecular formula is C95H98Cl2I2O18. The van der Waals surface area contributed by atoms with Gasteiger partial charge in [-0.2, -0.15) is 0 Å². The fourth-order valence-electron chi connectivity index (χ4n) is 14.6. The van der Waals surface area contributed by atoms with Crippen LogP contribution in [0.5, 0.6) is 0 Å². The molecule has 18 nitrogen and oxygen atoms in total. The number of rotatable bonds is 28. The molecular weight excluding hydrogens is 1750 g/mol. The lowest BCUT2D eigenvalue weighted by Gasteiger charge is -2.26. The molecule has 8 atom stereocenters. The average molecular weight is 1850 g/mol. The minimum atomic E-state index is -1.26. The van der Waals surface area contributed by atoms with Crippen LogP contribution in [-0.2, 0) is 139 Å². The summed E-state index contributed by atoms with van der Waals surface area (Å²) in [6.45, 7) is 1.48. The molecule has 0 saturated heterocycles. The first kappa shape index (κ1) is 91.3. The van der Waals surface area contributed by atoms with Crippen LogP contribution in [0.2, 0.25) is 0 Å². The molecule has 0 amide bonds. The van der Waals surface area contributed by atoms with Gasteiger partial charge in [0.1, 0.15) is 82.7 Å². The van der Waals surface area contributed by atoms with Crippen molar-refractivity contribution >= 4 is 129 Å². The summed E-state index contributed by atoms with van der Waals surface area (Å²) >= 11 is 15.0. The summed E-state index contributed by atoms with van der Waals surface area (Å²) in [4.78, 5) is 121. The maximum Gasteiger partial charge on any atom is 0.324 e. The van der Waals surface area contributed by atoms with Crippen molar-refractivity contribution in [3.63, 3.8) is 0 Å². The van der Waals surface area contributed by atoms with Crippen LogP contribution >= 0.6 is 68.4 Å². The van der Waals surface area contributed by atoms with Gasteiger partial charge >= 0.3 is 47.8 Å². The van der Waals surface area contributed by atoms with Crippen molar-refractivity contribution in [3.8, 4) is 0 Å². The molecule has 6 fully saturated rings. The minimum Gasteiger partial charge on any atom is -0.460 e. The molecule has 4 unspecified atom stereocenters. The first-order valence-corrected chi connectivity index (χ1v) is 43.2. The summed E-state index contributed by atoms with van der Waals surface area (Å²) < 4.78 is 43.7. The predicted molar refractivity (Wildman–Crippen MR) is 461 cm³/mol. The zero-order chi connectivity index (χ0) is 83.1. The van der Waals surface area contributed by atoms with Crippen LogP contribution in [0.25, 0.3) is 0 Å². The summed E-state index contributed by atoms with van der Waals surface area (Å²) in [5.74, 6) is 0.595. The van der Waals surface area contributed by atoms with Gasteiger partial charge in [-0.3, -0.25) is 38.4 Å². The van der Waals surface area contributed by atoms with E-state index in [1.165, 1.54) is 15.3 Å². The molecule has 22 heteroatoms. The van der Waals surface area contributed by atoms with Crippen molar-refractivity contribution in [3.05, 3.63) is 311 Å². The average Bonchev–Trinajstić information content (AvgIpc) is 1.59. The third kappa shape index (κ3) is 28.9. The Morgan fingerprint density at radius 2 is 0.496 bits per heavy atom. The lowest BCUT2D eigenvalue weighted by atomic mass is 9.83. The number of fused-ring (bicyclic) bond motifs is 3. The Kier molecular flexibility index (Phi) is 37.2. The Bertz CT molecular complexity index is 4200. The quantitative estimate of drug-likeness (QED) is 0.00841. The van der Waals surface area contributed by atoms with Gasteiger partial charge in [-0.15, -0.1) is 23.2 Å². The Labute approximate surface area is 721 Å². The maximum absolute atomic E-state index is 12.8. The molecule has 7 aliphatic rings. The summed E-state index contributed by atoms with van der Waals surface area (Å²) in [6.07, 6.45) is 16.5. The third-order valence-corrected chi connectivity index (χ3v) is 21.6. The number of allylic oxidation sites excluding steroid dienone is 4. The number of alkyl halides is 4. The monoisotopic (exact) mass is 1850 g/mol. The molecule has 614 valence electrons. The first-order chi connectivity index (χ1) is 56.9. The molecule has 0 aliphatic heterocycles. The minimum absolute atomic E-state index is 0.146. The smallest absolute Gasteiger partial charge is 0.324 e. The number of hydrogen-bond acceptors (Lipinski definition) is 18. The highest BCUT2D eigenvalue weighted by atomic mass is 127. The van der Waals surface area contributed by atoms with Gasteiger partial charge in [-0.25, -0.2) is 0 Å². The fourth-order valence-corrected chi connectivity index (χ4v) is 14.8. The van der Waals surface area contributed by atoms with Gasteiger partial charge in [0.2, 0.25) is 0 Å². The summed E-state index contributed by atoms with van der Waals surface area (Å²) in [5, 5.41) is 0. The zero-order valence-corrected chi connectivity index (χ0v) is 71.0. The van der Waals surface area contributed by atoms with Crippen molar-refractivity contribution < 1.29 is 85.8 Å². The number of benzene rings is 8. The van der Waals surface area contributed by atoms with E-state index in [4.69, 9.17) is 61.1 Å². The Hall–Kier alpha value is -9.62. The topological polar surface area (TPSA) is 245 Å². The Balaban J connectivity index is 0.000000163. The highest BCUT2D eigenvalue weighted by Crippen LogP contribution is 2.62. The van der Waals surface area contributed by atoms with Crippen LogP contribution in [0.15, 0.2) is 267 Å². The van der Waals surface area contributed by atoms with Gasteiger partial charge in [0.25, 0.3) is 0 Å². The van der Waals surface area contributed by atoms with E-state index in [-0.39, 0.29) is 71.2 Å². The van der Waals surface area contributed by atoms with E-state index in [0.29, 0.717) is 98.6 Å². The Morgan fingerprint density at radius 3 is 0.709 bits per heavy atom. The van der Waals surface area contributed by atoms with Crippen LogP contribution in [0.4, 0.5) is 0 Å². The second kappa shape index (κ2) is 47.7. The number of aldehydes is 2. The van der Waals surface area contributed by atoms with E-state index in [1.54, 1.807) is 0 Å². The van der Waals surface area contributed by atoms with Crippen LogP contribution in [0, 0.1) is 57.2 Å². The van der Waals surface area contributed by atoms with Gasteiger partial charge in [-0.05, 0) is 151 Å². The predicted octanol–water partition coefficient (Wildman–Crippen LogP) is 19.1. The summed E-state index contributed by atoms with van der Waals surface area (Å²) in [6, 6.07) is 75.5. The molecule has 8 aromatic rings. The highest BCUT2D eigenvalue weighted by molar-refractivity contribution is 14.2. The van der Waals surface area contributed by atoms with Crippen LogP contribution in [-0.4, -0.2) is 74.5 Å². The van der Waals surface area contributed by atoms with Gasteiger partial charge in [0.15, 0.2) is 10.8 Å². The highest BCUT2D eigenvalue weighted by Gasteiger charge is 2.63. The van der Waals surface area contributed by atoms with Crippen molar-refractivity contribution in [1.29, 1.82) is 0 Å². The van der Waals surface area contributed by atoms with E-state index >= 15 is 0 Å². The largest absolute Gasteiger partial charge is 0.460 e. The van der Waals surface area contributed by atoms with E-state index in [2.05, 4.69) is 45.2 Å². The number of carbonyl (C=O) groups excluding carboxylic acids is 10. The van der Waals surface area contributed by atoms with Crippen molar-refractivity contribution in [2.75, 3.05) is 14.2 Å². The van der Waals surface area contributed by atoms with Gasteiger partial charge in [0.05, 0.1) is 2.43 Å². The van der Waals surface area contributed by atoms with Crippen LogP contribution < -0.4 is 0 Å². The summed E-state index contributed by atoms with van der Waals surface area (Å²) in [7, 11) is 0. The summed E-state index contributed by atoms with van der Waals surface area (Å²) in [5.41, 5.74) is 3.18. The molecule has 15 rings (SSSR count). The zero-order valence-electron chi connectivity index (χ0n) is 65.1. The van der Waals surface area contributed by atoms with Crippen LogP contribution in [0.3, 0.4) is 0 Å². The SMILES string of the molecule is ClC/C=C\CCl.ICI.O=C(CC(=O)OCc1ccccc1)OCc1ccccc1.O=C(OCc1ccccc1)C1(C(=O)OCc2ccccc2)CC2CC2C1.O=C(OCc1ccccc1)C1(C(=O)OCc2ccccc2)CC=CC1.O=CC1(C(=O)OCc2ccccc2)C[C@H]2C[C@H]2C1.O=CC1(C(=O)OCc2ccccc2)C[C@H]2C[C@H]2C1. The second-order valence-corrected chi connectivity index (χ2v) is 34.9. The van der Waals surface area contributed by atoms with Gasteiger partial charge in [0, 0.05) is 11.8 Å².